The smallest absolute Gasteiger partial charge is 0.320 e. The molecule has 3 heterocycles. The Morgan fingerprint density at radius 1 is 0.860 bits per heavy atom. The third-order valence-electron chi connectivity index (χ3n) is 8.30. The fourth-order valence-electron chi connectivity index (χ4n) is 5.88. The second kappa shape index (κ2) is 14.3. The number of rotatable bonds is 9. The van der Waals surface area contributed by atoms with Gasteiger partial charge in [-0.1, -0.05) is 30.3 Å². The summed E-state index contributed by atoms with van der Waals surface area (Å²) in [5, 5.41) is 12.1. The number of ether oxygens (including phenoxy) is 1. The van der Waals surface area contributed by atoms with Crippen LogP contribution >= 0.6 is 0 Å². The van der Waals surface area contributed by atoms with Gasteiger partial charge in [0, 0.05) is 57.3 Å². The number of amides is 4. The molecule has 12 nitrogen and oxygen atoms in total. The Labute approximate surface area is 251 Å². The number of nitrogens with one attached hydrogen (secondary N) is 1. The number of carboxylic acid groups (broad SMARTS) is 1. The first-order chi connectivity index (χ1) is 20.9. The third-order valence-corrected chi connectivity index (χ3v) is 8.30. The van der Waals surface area contributed by atoms with Crippen LogP contribution in [0.4, 0.5) is 4.79 Å². The van der Waals surface area contributed by atoms with Gasteiger partial charge in [0.15, 0.2) is 5.82 Å². The zero-order chi connectivity index (χ0) is 30.2. The van der Waals surface area contributed by atoms with E-state index < -0.39 is 17.9 Å². The molecule has 1 atom stereocenters. The van der Waals surface area contributed by atoms with Gasteiger partial charge >= 0.3 is 12.0 Å². The lowest BCUT2D eigenvalue weighted by molar-refractivity contribution is -0.138. The Hall–Kier alpha value is -4.22. The van der Waals surface area contributed by atoms with Gasteiger partial charge in [0.2, 0.25) is 11.8 Å². The van der Waals surface area contributed by atoms with Crippen LogP contribution in [0.2, 0.25) is 0 Å². The topological polar surface area (TPSA) is 145 Å². The molecule has 0 spiro atoms. The van der Waals surface area contributed by atoms with Crippen molar-refractivity contribution in [2.24, 2.45) is 0 Å². The van der Waals surface area contributed by atoms with Crippen LogP contribution in [0.1, 0.15) is 68.3 Å². The number of hydrogen-bond donors (Lipinski definition) is 2. The van der Waals surface area contributed by atoms with Gasteiger partial charge in [-0.3, -0.25) is 14.4 Å². The van der Waals surface area contributed by atoms with Crippen molar-refractivity contribution in [3.05, 3.63) is 42.1 Å². The predicted octanol–water partition coefficient (Wildman–Crippen LogP) is 3.18. The molecule has 1 saturated carbocycles. The van der Waals surface area contributed by atoms with E-state index in [1.807, 2.05) is 35.2 Å². The Bertz CT molecular complexity index is 1290. The van der Waals surface area contributed by atoms with E-state index in [0.717, 1.165) is 58.0 Å². The minimum atomic E-state index is -1.07. The third kappa shape index (κ3) is 7.99. The predicted molar refractivity (Wildman–Crippen MR) is 157 cm³/mol. The van der Waals surface area contributed by atoms with Gasteiger partial charge in [0.25, 0.3) is 5.91 Å². The SMILES string of the molecule is O=C(O)CCC(NC(=O)c1cc(OC2CCCC2)nc(-c2ccccc2)n1)C(=O)N1CCN(C(=O)N2CCCCC2)CC1. The minimum absolute atomic E-state index is 0.00358. The molecule has 1 aliphatic carbocycles. The zero-order valence-corrected chi connectivity index (χ0v) is 24.4. The fourth-order valence-corrected chi connectivity index (χ4v) is 5.88. The average Bonchev–Trinajstić information content (AvgIpc) is 3.56. The number of likely N-dealkylation sites (tertiary alicyclic amines) is 1. The number of carbonyl (C=O) groups is 4. The number of carbonyl (C=O) groups excluding carboxylic acids is 3. The van der Waals surface area contributed by atoms with E-state index in [1.54, 1.807) is 9.80 Å². The molecule has 1 aromatic carbocycles. The van der Waals surface area contributed by atoms with Crippen molar-refractivity contribution in [2.45, 2.75) is 69.9 Å². The number of carboxylic acids is 1. The number of urea groups is 1. The van der Waals surface area contributed by atoms with Gasteiger partial charge in [0.05, 0.1) is 0 Å². The Morgan fingerprint density at radius 2 is 1.51 bits per heavy atom. The number of aliphatic carboxylic acids is 1. The minimum Gasteiger partial charge on any atom is -0.481 e. The van der Waals surface area contributed by atoms with Gasteiger partial charge in [-0.25, -0.2) is 9.78 Å². The van der Waals surface area contributed by atoms with E-state index in [4.69, 9.17) is 4.74 Å². The number of hydrogen-bond acceptors (Lipinski definition) is 7. The molecular formula is C31H40N6O6. The first-order valence-corrected chi connectivity index (χ1v) is 15.3. The molecule has 5 rings (SSSR count). The molecule has 12 heteroatoms. The number of nitrogens with zero attached hydrogens (tertiary/aromatic N) is 5. The molecule has 2 saturated heterocycles. The van der Waals surface area contributed by atoms with Gasteiger partial charge in [-0.15, -0.1) is 0 Å². The van der Waals surface area contributed by atoms with Crippen molar-refractivity contribution in [3.8, 4) is 17.3 Å². The lowest BCUT2D eigenvalue weighted by Crippen LogP contribution is -2.58. The number of aromatic nitrogens is 2. The Balaban J connectivity index is 1.29. The largest absolute Gasteiger partial charge is 0.481 e. The quantitative estimate of drug-likeness (QED) is 0.452. The van der Waals surface area contributed by atoms with E-state index in [2.05, 4.69) is 15.3 Å². The molecule has 1 unspecified atom stereocenters. The number of piperazine rings is 1. The maximum Gasteiger partial charge on any atom is 0.320 e. The van der Waals surface area contributed by atoms with Crippen LogP contribution in [-0.4, -0.2) is 105 Å². The van der Waals surface area contributed by atoms with E-state index >= 15 is 0 Å². The van der Waals surface area contributed by atoms with Crippen molar-refractivity contribution in [2.75, 3.05) is 39.3 Å². The highest BCUT2D eigenvalue weighted by Crippen LogP contribution is 2.25. The van der Waals surface area contributed by atoms with E-state index in [0.29, 0.717) is 37.6 Å². The summed E-state index contributed by atoms with van der Waals surface area (Å²) >= 11 is 0. The second-order valence-electron chi connectivity index (χ2n) is 11.4. The van der Waals surface area contributed by atoms with Crippen LogP contribution in [0.3, 0.4) is 0 Å². The summed E-state index contributed by atoms with van der Waals surface area (Å²) in [6, 6.07) is 9.66. The lowest BCUT2D eigenvalue weighted by atomic mass is 10.1. The maximum atomic E-state index is 13.6. The van der Waals surface area contributed by atoms with Crippen LogP contribution in [0.25, 0.3) is 11.4 Å². The van der Waals surface area contributed by atoms with Gasteiger partial charge < -0.3 is 29.9 Å². The second-order valence-corrected chi connectivity index (χ2v) is 11.4. The van der Waals surface area contributed by atoms with Crippen LogP contribution in [0.5, 0.6) is 5.88 Å². The summed E-state index contributed by atoms with van der Waals surface area (Å²) < 4.78 is 6.11. The number of piperidine rings is 1. The zero-order valence-electron chi connectivity index (χ0n) is 24.4. The summed E-state index contributed by atoms with van der Waals surface area (Å²) in [7, 11) is 0. The van der Waals surface area contributed by atoms with Crippen LogP contribution in [0.15, 0.2) is 36.4 Å². The van der Waals surface area contributed by atoms with Crippen LogP contribution < -0.4 is 10.1 Å². The molecule has 3 aliphatic rings. The summed E-state index contributed by atoms with van der Waals surface area (Å²) in [6.07, 6.45) is 6.75. The summed E-state index contributed by atoms with van der Waals surface area (Å²) in [6.45, 7) is 2.89. The monoisotopic (exact) mass is 592 g/mol. The van der Waals surface area contributed by atoms with E-state index in [1.165, 1.54) is 6.07 Å². The standard InChI is InChI=1S/C31H40N6O6/c38-27(39)14-13-24(30(41)35-17-19-37(20-18-35)31(42)36-15-7-2-8-16-36)33-29(40)25-21-26(43-23-11-5-6-12-23)34-28(32-25)22-9-3-1-4-10-22/h1,3-4,9-10,21,23-24H,2,5-8,11-20H2,(H,33,40)(H,38,39). The highest BCUT2D eigenvalue weighted by atomic mass is 16.5. The van der Waals surface area contributed by atoms with Crippen molar-refractivity contribution >= 4 is 23.8 Å². The molecule has 3 fully saturated rings. The normalized spacial score (nSPS) is 18.3. The Kier molecular flexibility index (Phi) is 10.1. The molecule has 0 bridgehead atoms. The first kappa shape index (κ1) is 30.2. The molecule has 1 aromatic heterocycles. The average molecular weight is 593 g/mol. The van der Waals surface area contributed by atoms with Crippen LogP contribution in [0, 0.1) is 0 Å². The highest BCUT2D eigenvalue weighted by molar-refractivity contribution is 5.96. The van der Waals surface area contributed by atoms with Crippen molar-refractivity contribution in [3.63, 3.8) is 0 Å². The number of benzene rings is 1. The Morgan fingerprint density at radius 3 is 2.19 bits per heavy atom. The molecular weight excluding hydrogens is 552 g/mol. The van der Waals surface area contributed by atoms with Gasteiger partial charge in [0.1, 0.15) is 17.8 Å². The summed E-state index contributed by atoms with van der Waals surface area (Å²) in [4.78, 5) is 65.7. The molecule has 230 valence electrons. The summed E-state index contributed by atoms with van der Waals surface area (Å²) in [5.74, 6) is -1.44. The molecule has 43 heavy (non-hydrogen) atoms. The van der Waals surface area contributed by atoms with Crippen LogP contribution in [-0.2, 0) is 9.59 Å². The van der Waals surface area contributed by atoms with Gasteiger partial charge in [-0.05, 0) is 51.4 Å². The van der Waals surface area contributed by atoms with Crippen molar-refractivity contribution in [1.29, 1.82) is 0 Å². The first-order valence-electron chi connectivity index (χ1n) is 15.3. The molecule has 0 radical (unpaired) electrons. The molecule has 4 amide bonds. The van der Waals surface area contributed by atoms with Gasteiger partial charge in [-0.2, -0.15) is 4.98 Å². The molecule has 2 aliphatic heterocycles. The fraction of sp³-hybridized carbons (Fsp3) is 0.548. The molecule has 2 N–H and O–H groups in total. The van der Waals surface area contributed by atoms with Crippen molar-refractivity contribution < 1.29 is 29.0 Å². The van der Waals surface area contributed by atoms with E-state index in [-0.39, 0.29) is 42.5 Å². The lowest BCUT2D eigenvalue weighted by Gasteiger charge is -2.39. The molecule has 2 aromatic rings. The highest BCUT2D eigenvalue weighted by Gasteiger charge is 2.32. The maximum absolute atomic E-state index is 13.6. The van der Waals surface area contributed by atoms with Crippen molar-refractivity contribution in [1.82, 2.24) is 30.0 Å². The summed E-state index contributed by atoms with van der Waals surface area (Å²) in [5.41, 5.74) is 0.746. The van der Waals surface area contributed by atoms with E-state index in [9.17, 15) is 24.3 Å².